The average Bonchev–Trinajstić information content (AvgIpc) is 2.83. The van der Waals surface area contributed by atoms with E-state index in [0.29, 0.717) is 0 Å². The molecule has 9 nitrogen and oxygen atoms in total. The van der Waals surface area contributed by atoms with E-state index >= 15 is 0 Å². The summed E-state index contributed by atoms with van der Waals surface area (Å²) in [5.74, 6) is -3.31. The van der Waals surface area contributed by atoms with Gasteiger partial charge < -0.3 is 35.7 Å². The fourth-order valence-electron chi connectivity index (χ4n) is 0.998. The number of aliphatic hydroxyl groups excluding tert-OH is 1. The Balaban J connectivity index is -0.000000565. The Labute approximate surface area is 214 Å². The number of phenols is 2. The Morgan fingerprint density at radius 2 is 1.16 bits per heavy atom. The number of aromatic hydroxyl groups is 2. The Morgan fingerprint density at radius 3 is 1.41 bits per heavy atom. The number of carbonyl (C=O) groups is 2. The molecule has 0 aliphatic heterocycles. The molecule has 0 saturated heterocycles. The summed E-state index contributed by atoms with van der Waals surface area (Å²) >= 11 is 0. The summed E-state index contributed by atoms with van der Waals surface area (Å²) < 4.78 is 120. The van der Waals surface area contributed by atoms with Crippen LogP contribution in [0.25, 0.3) is 0 Å². The van der Waals surface area contributed by atoms with Crippen molar-refractivity contribution in [1.82, 2.24) is 0 Å². The fourth-order valence-corrected chi connectivity index (χ4v) is 0.998. The number of aliphatic hydroxyl groups is 3. The summed E-state index contributed by atoms with van der Waals surface area (Å²) in [6.07, 6.45) is -6.86. The first-order valence-corrected chi connectivity index (χ1v) is 7.89. The van der Waals surface area contributed by atoms with Crippen LogP contribution in [0.3, 0.4) is 0 Å². The second-order valence-electron chi connectivity index (χ2n) is 5.07. The zero-order valence-corrected chi connectivity index (χ0v) is 16.8. The van der Waals surface area contributed by atoms with Gasteiger partial charge in [-0.15, -0.1) is 0 Å². The van der Waals surface area contributed by atoms with Crippen LogP contribution in [0.1, 0.15) is 86.6 Å². The van der Waals surface area contributed by atoms with Crippen molar-refractivity contribution in [3.63, 3.8) is 0 Å². The van der Waals surface area contributed by atoms with Gasteiger partial charge in [0.15, 0.2) is 0 Å². The number of phenolic OH excluding ortho intramolecular Hbond substituents is 2. The van der Waals surface area contributed by atoms with Gasteiger partial charge in [0.25, 0.3) is 0 Å². The van der Waals surface area contributed by atoms with E-state index in [2.05, 4.69) is 0 Å². The van der Waals surface area contributed by atoms with Gasteiger partial charge in [-0.1, -0.05) is 0 Å². The number of hydrogen-bond donors (Lipinski definition) is 7. The smallest absolute Gasteiger partial charge is 0.335 e. The highest BCUT2D eigenvalue weighted by Gasteiger charge is 2.00. The lowest BCUT2D eigenvalue weighted by Crippen LogP contribution is -1.93. The third-order valence-corrected chi connectivity index (χ3v) is 1.92. The van der Waals surface area contributed by atoms with E-state index in [0.717, 1.165) is 24.3 Å². The van der Waals surface area contributed by atoms with Crippen LogP contribution in [-0.2, 0) is 0 Å². The van der Waals surface area contributed by atoms with Crippen molar-refractivity contribution >= 4 is 11.9 Å². The van der Waals surface area contributed by atoms with Crippen molar-refractivity contribution in [2.75, 3.05) is 0 Å². The first-order valence-electron chi connectivity index (χ1n) is 16.9. The molecule has 0 radical (unpaired) electrons. The van der Waals surface area contributed by atoms with Crippen LogP contribution in [0.15, 0.2) is 48.4 Å². The third-order valence-electron chi connectivity index (χ3n) is 1.92. The zero-order chi connectivity index (χ0) is 41.2. The molecule has 0 saturated carbocycles. The first kappa shape index (κ1) is 11.6. The van der Waals surface area contributed by atoms with Crippen LogP contribution in [-0.4, -0.2) is 65.9 Å². The molecular formula is C23H36O9. The molecule has 0 spiro atoms. The Bertz CT molecular complexity index is 1330. The van der Waals surface area contributed by atoms with Crippen LogP contribution < -0.4 is 0 Å². The monoisotopic (exact) mass is 474 g/mol. The molecule has 0 amide bonds. The molecule has 2 aromatic rings. The molecule has 0 aliphatic carbocycles. The molecule has 32 heavy (non-hydrogen) atoms. The predicted molar refractivity (Wildman–Crippen MR) is 122 cm³/mol. The van der Waals surface area contributed by atoms with E-state index < -0.39 is 68.9 Å². The van der Waals surface area contributed by atoms with Gasteiger partial charge in [-0.3, -0.25) is 0 Å². The van der Waals surface area contributed by atoms with Crippen LogP contribution >= 0.6 is 0 Å². The molecular weight excluding hydrogens is 420 g/mol. The van der Waals surface area contributed by atoms with Crippen LogP contribution in [0.4, 0.5) is 0 Å². The predicted octanol–water partition coefficient (Wildman–Crippen LogP) is 3.34. The molecule has 0 aromatic heterocycles. The molecule has 0 aliphatic rings. The van der Waals surface area contributed by atoms with E-state index in [1.165, 1.54) is 13.8 Å². The second kappa shape index (κ2) is 19.8. The Kier molecular flexibility index (Phi) is 7.21. The minimum Gasteiger partial charge on any atom is -0.508 e. The third kappa shape index (κ3) is 29.1. The number of hydrogen-bond acceptors (Lipinski definition) is 7. The van der Waals surface area contributed by atoms with Gasteiger partial charge in [0.05, 0.1) is 19.4 Å². The Hall–Kier alpha value is -3.14. The van der Waals surface area contributed by atoms with E-state index in [9.17, 15) is 9.59 Å². The highest BCUT2D eigenvalue weighted by atomic mass is 16.4. The van der Waals surface area contributed by atoms with Crippen molar-refractivity contribution in [2.24, 2.45) is 0 Å². The largest absolute Gasteiger partial charge is 0.508 e. The molecule has 0 atom stereocenters. The quantitative estimate of drug-likeness (QED) is 0.344. The van der Waals surface area contributed by atoms with Crippen molar-refractivity contribution in [1.29, 1.82) is 0 Å². The highest BCUT2D eigenvalue weighted by Crippen LogP contribution is 2.09. The second-order valence-corrected chi connectivity index (χ2v) is 5.07. The summed E-state index contributed by atoms with van der Waals surface area (Å²) in [5.41, 5.74) is -0.560. The minimum absolute atomic E-state index is 0.164. The molecule has 0 heterocycles. The average molecular weight is 475 g/mol. The van der Waals surface area contributed by atoms with Gasteiger partial charge in [0, 0.05) is 34.7 Å². The SMILES string of the molecule is [2H]C(C)(C)O.[2H]C([2H])([2H])C(O)C([2H])([2H])[2H].[2H]C([2H])([2H])C([2H])(O)C([2H])([2H])[2H].[2H]c1cc(C(=O)O)cc([2H])c1O.[2H]c1cc(O)cc([2H])c1C(=O)O. The van der Waals surface area contributed by atoms with Crippen LogP contribution in [0.5, 0.6) is 11.5 Å². The van der Waals surface area contributed by atoms with Gasteiger partial charge in [0.1, 0.15) is 11.5 Å². The number of rotatable bonds is 2. The molecule has 9 heteroatoms. The highest BCUT2D eigenvalue weighted by molar-refractivity contribution is 5.88. The summed E-state index contributed by atoms with van der Waals surface area (Å²) in [6, 6.07) is 2.56. The number of carboxylic acid groups (broad SMARTS) is 2. The molecule has 182 valence electrons. The Morgan fingerprint density at radius 1 is 0.750 bits per heavy atom. The van der Waals surface area contributed by atoms with Crippen LogP contribution in [0.2, 0.25) is 0 Å². The minimum atomic E-state index is -3.38. The summed E-state index contributed by atoms with van der Waals surface area (Å²) in [5, 5.41) is 60.3. The standard InChI is InChI=1S/2C7H6O3.3C3H8O/c2*8-6-3-1-5(2-4-6)7(9)10;3*1-3(2)4/h2*1-4,8H,(H,9,10);3*3-4H,1-2H3/i3D,4D;1D,2D;1D3,2D3,3D;1D3,2D3;3D. The summed E-state index contributed by atoms with van der Waals surface area (Å²) in [6.45, 7) is -9.23. The number of aromatic carboxylic acids is 2. The molecule has 2 rings (SSSR count). The van der Waals surface area contributed by atoms with E-state index in [1.807, 2.05) is 0 Å². The van der Waals surface area contributed by atoms with E-state index in [1.54, 1.807) is 0 Å². The van der Waals surface area contributed by atoms with Gasteiger partial charge in [-0.2, -0.15) is 0 Å². The van der Waals surface area contributed by atoms with Crippen molar-refractivity contribution < 1.29 is 70.0 Å². The molecule has 7 N–H and O–H groups in total. The van der Waals surface area contributed by atoms with Crippen LogP contribution in [0, 0.1) is 0 Å². The van der Waals surface area contributed by atoms with Gasteiger partial charge in [-0.05, 0) is 89.7 Å². The van der Waals surface area contributed by atoms with Crippen molar-refractivity contribution in [3.8, 4) is 11.5 Å². The molecule has 0 bridgehead atoms. The fraction of sp³-hybridized carbons (Fsp3) is 0.391. The van der Waals surface area contributed by atoms with Gasteiger partial charge >= 0.3 is 11.9 Å². The molecule has 0 fully saturated rings. The van der Waals surface area contributed by atoms with Crippen molar-refractivity contribution in [3.05, 3.63) is 59.6 Å². The maximum atomic E-state index is 10.4. The lowest BCUT2D eigenvalue weighted by atomic mass is 10.2. The summed E-state index contributed by atoms with van der Waals surface area (Å²) in [7, 11) is 0. The normalized spacial score (nSPS) is 19.6. The maximum Gasteiger partial charge on any atom is 0.335 e. The molecule has 2 aromatic carbocycles. The lowest BCUT2D eigenvalue weighted by molar-refractivity contribution is 0.0686. The van der Waals surface area contributed by atoms with Gasteiger partial charge in [-0.25, -0.2) is 9.59 Å². The molecule has 0 unspecified atom stereocenters. The maximum absolute atomic E-state index is 10.4. The number of carboxylic acids is 2. The first-order chi connectivity index (χ1) is 21.7. The van der Waals surface area contributed by atoms with Crippen molar-refractivity contribution in [2.45, 2.75) is 59.5 Å². The lowest BCUT2D eigenvalue weighted by Gasteiger charge is -1.92. The van der Waals surface area contributed by atoms with E-state index in [4.69, 9.17) is 60.4 Å². The van der Waals surface area contributed by atoms with Gasteiger partial charge in [0.2, 0.25) is 0 Å². The number of benzene rings is 2. The zero-order valence-electron chi connectivity index (χ0n) is 34.8. The van der Waals surface area contributed by atoms with E-state index in [-0.39, 0.29) is 35.5 Å². The topological polar surface area (TPSA) is 176 Å². The summed E-state index contributed by atoms with van der Waals surface area (Å²) in [4.78, 5) is 20.8.